The van der Waals surface area contributed by atoms with E-state index in [1.807, 2.05) is 23.1 Å². The van der Waals surface area contributed by atoms with Crippen LogP contribution in [0.5, 0.6) is 17.2 Å². The van der Waals surface area contributed by atoms with Crippen LogP contribution in [-0.2, 0) is 6.42 Å². The first-order chi connectivity index (χ1) is 13.7. The van der Waals surface area contributed by atoms with Crippen LogP contribution in [0, 0.1) is 0 Å². The summed E-state index contributed by atoms with van der Waals surface area (Å²) in [5.41, 5.74) is 2.53. The Morgan fingerprint density at radius 2 is 1.68 bits per heavy atom. The Labute approximate surface area is 166 Å². The molecule has 1 N–H and O–H groups in total. The number of aromatic hydroxyl groups is 1. The predicted octanol–water partition coefficient (Wildman–Crippen LogP) is 4.73. The third-order valence-electron chi connectivity index (χ3n) is 5.01. The first kappa shape index (κ1) is 19.8. The minimum absolute atomic E-state index is 0.109. The number of carbonyl (C=O) groups excluding carboxylic acids is 1. The summed E-state index contributed by atoms with van der Waals surface area (Å²) in [5, 5.41) is 10.2. The number of anilines is 1. The maximum absolute atomic E-state index is 13.5. The van der Waals surface area contributed by atoms with Gasteiger partial charge in [0, 0.05) is 17.8 Å². The van der Waals surface area contributed by atoms with E-state index in [2.05, 4.69) is 18.2 Å². The highest BCUT2D eigenvalue weighted by Crippen LogP contribution is 2.38. The van der Waals surface area contributed by atoms with E-state index < -0.39 is 0 Å². The monoisotopic (exact) mass is 381 g/mol. The van der Waals surface area contributed by atoms with Crippen molar-refractivity contribution in [2.45, 2.75) is 32.1 Å². The normalized spacial score (nSPS) is 15.9. The van der Waals surface area contributed by atoms with Crippen molar-refractivity contribution in [3.05, 3.63) is 59.7 Å². The number of fused-ring (bicyclic) bond motifs is 1. The van der Waals surface area contributed by atoms with Crippen LogP contribution in [0.1, 0.15) is 41.6 Å². The van der Waals surface area contributed by atoms with Gasteiger partial charge < -0.3 is 19.5 Å². The lowest BCUT2D eigenvalue weighted by atomic mass is 10.0. The standard InChI is InChI=1S/C23H27NO4/c1-27-20-15-18(16-21(28-2)22(20)25)23(26)24-14-10-6-4-3-5-7-11-17-12-8-9-13-19(17)24/h4,6,8-9,12-13,15-16,25H,3,5,7,10-11,14H2,1-2H3/b6-4-. The van der Waals surface area contributed by atoms with Crippen molar-refractivity contribution in [1.29, 1.82) is 0 Å². The van der Waals surface area contributed by atoms with E-state index in [9.17, 15) is 9.90 Å². The summed E-state index contributed by atoms with van der Waals surface area (Å²) < 4.78 is 10.4. The molecule has 0 unspecified atom stereocenters. The van der Waals surface area contributed by atoms with E-state index in [0.717, 1.165) is 37.8 Å². The quantitative estimate of drug-likeness (QED) is 0.781. The van der Waals surface area contributed by atoms with E-state index in [0.29, 0.717) is 12.1 Å². The number of allylic oxidation sites excluding steroid dienone is 1. The van der Waals surface area contributed by atoms with Crippen molar-refractivity contribution < 1.29 is 19.4 Å². The van der Waals surface area contributed by atoms with Gasteiger partial charge in [0.25, 0.3) is 5.91 Å². The molecule has 0 radical (unpaired) electrons. The van der Waals surface area contributed by atoms with E-state index in [-0.39, 0.29) is 23.2 Å². The number of amides is 1. The maximum atomic E-state index is 13.5. The van der Waals surface area contributed by atoms with Crippen LogP contribution in [0.2, 0.25) is 0 Å². The fourth-order valence-electron chi connectivity index (χ4n) is 3.51. The summed E-state index contributed by atoms with van der Waals surface area (Å²) in [4.78, 5) is 15.3. The van der Waals surface area contributed by atoms with Gasteiger partial charge in [-0.05, 0) is 55.9 Å². The fraction of sp³-hybridized carbons (Fsp3) is 0.348. The van der Waals surface area contributed by atoms with Crippen LogP contribution in [0.15, 0.2) is 48.6 Å². The summed E-state index contributed by atoms with van der Waals surface area (Å²) in [6.45, 7) is 0.581. The number of phenolic OH excluding ortho intramolecular Hbond substituents is 1. The van der Waals surface area contributed by atoms with Gasteiger partial charge in [-0.2, -0.15) is 0 Å². The average molecular weight is 381 g/mol. The Balaban J connectivity index is 2.03. The molecule has 28 heavy (non-hydrogen) atoms. The lowest BCUT2D eigenvalue weighted by Crippen LogP contribution is -2.32. The van der Waals surface area contributed by atoms with E-state index >= 15 is 0 Å². The predicted molar refractivity (Wildman–Crippen MR) is 111 cm³/mol. The molecule has 1 heterocycles. The second kappa shape index (κ2) is 9.31. The first-order valence-electron chi connectivity index (χ1n) is 9.65. The average Bonchev–Trinajstić information content (AvgIpc) is 2.77. The molecule has 0 spiro atoms. The van der Waals surface area contributed by atoms with Crippen LogP contribution in [0.25, 0.3) is 0 Å². The van der Waals surface area contributed by atoms with Gasteiger partial charge in [-0.3, -0.25) is 4.79 Å². The number of hydrogen-bond donors (Lipinski definition) is 1. The number of para-hydroxylation sites is 1. The molecule has 0 aliphatic carbocycles. The zero-order valence-corrected chi connectivity index (χ0v) is 16.5. The summed E-state index contributed by atoms with van der Waals surface area (Å²) in [5.74, 6) is 0.182. The van der Waals surface area contributed by atoms with Crippen molar-refractivity contribution >= 4 is 11.6 Å². The van der Waals surface area contributed by atoms with Crippen LogP contribution < -0.4 is 14.4 Å². The van der Waals surface area contributed by atoms with Gasteiger partial charge in [0.2, 0.25) is 5.75 Å². The molecule has 1 aliphatic heterocycles. The van der Waals surface area contributed by atoms with Gasteiger partial charge in [0.05, 0.1) is 14.2 Å². The number of phenols is 1. The molecule has 5 nitrogen and oxygen atoms in total. The number of rotatable bonds is 3. The molecule has 0 aromatic heterocycles. The highest BCUT2D eigenvalue weighted by atomic mass is 16.5. The van der Waals surface area contributed by atoms with Crippen molar-refractivity contribution in [3.63, 3.8) is 0 Å². The summed E-state index contributed by atoms with van der Waals surface area (Å²) in [6, 6.07) is 11.2. The van der Waals surface area contributed by atoms with E-state index in [4.69, 9.17) is 9.47 Å². The van der Waals surface area contributed by atoms with Gasteiger partial charge >= 0.3 is 0 Å². The molecule has 3 rings (SSSR count). The molecule has 0 bridgehead atoms. The SMILES string of the molecule is COc1cc(C(=O)N2CC/C=C\CCCCc3ccccc32)cc(OC)c1O. The van der Waals surface area contributed by atoms with Crippen LogP contribution in [0.4, 0.5) is 5.69 Å². The smallest absolute Gasteiger partial charge is 0.258 e. The number of ether oxygens (including phenoxy) is 2. The minimum atomic E-state index is -0.142. The molecular formula is C23H27NO4. The number of hydrogen-bond acceptors (Lipinski definition) is 4. The Morgan fingerprint density at radius 1 is 1.00 bits per heavy atom. The van der Waals surface area contributed by atoms with Gasteiger partial charge in [-0.25, -0.2) is 0 Å². The molecule has 1 amide bonds. The van der Waals surface area contributed by atoms with Crippen molar-refractivity contribution in [3.8, 4) is 17.2 Å². The fourth-order valence-corrected chi connectivity index (χ4v) is 3.51. The van der Waals surface area contributed by atoms with Gasteiger partial charge in [0.15, 0.2) is 11.5 Å². The summed E-state index contributed by atoms with van der Waals surface area (Å²) in [6.07, 6.45) is 9.37. The van der Waals surface area contributed by atoms with Crippen LogP contribution in [0.3, 0.4) is 0 Å². The zero-order valence-electron chi connectivity index (χ0n) is 16.5. The third-order valence-corrected chi connectivity index (χ3v) is 5.01. The molecular weight excluding hydrogens is 354 g/mol. The van der Waals surface area contributed by atoms with E-state index in [1.165, 1.54) is 19.8 Å². The highest BCUT2D eigenvalue weighted by molar-refractivity contribution is 6.07. The molecule has 0 saturated carbocycles. The second-order valence-corrected chi connectivity index (χ2v) is 6.82. The lowest BCUT2D eigenvalue weighted by molar-refractivity contribution is 0.0986. The molecule has 5 heteroatoms. The second-order valence-electron chi connectivity index (χ2n) is 6.82. The molecule has 1 aliphatic rings. The van der Waals surface area contributed by atoms with Crippen molar-refractivity contribution in [2.24, 2.45) is 0 Å². The molecule has 148 valence electrons. The number of carbonyl (C=O) groups is 1. The minimum Gasteiger partial charge on any atom is -0.502 e. The van der Waals surface area contributed by atoms with Crippen molar-refractivity contribution in [1.82, 2.24) is 0 Å². The summed E-state index contributed by atoms with van der Waals surface area (Å²) >= 11 is 0. The van der Waals surface area contributed by atoms with Gasteiger partial charge in [-0.15, -0.1) is 0 Å². The molecule has 0 fully saturated rings. The lowest BCUT2D eigenvalue weighted by Gasteiger charge is -2.25. The topological polar surface area (TPSA) is 59.0 Å². The molecule has 2 aromatic carbocycles. The largest absolute Gasteiger partial charge is 0.502 e. The Hall–Kier alpha value is -2.95. The van der Waals surface area contributed by atoms with Gasteiger partial charge in [-0.1, -0.05) is 30.4 Å². The molecule has 0 saturated heterocycles. The van der Waals surface area contributed by atoms with E-state index in [1.54, 1.807) is 12.1 Å². The Kier molecular flexibility index (Phi) is 6.58. The van der Waals surface area contributed by atoms with Crippen molar-refractivity contribution in [2.75, 3.05) is 25.7 Å². The van der Waals surface area contributed by atoms with Crippen LogP contribution >= 0.6 is 0 Å². The number of methoxy groups -OCH3 is 2. The maximum Gasteiger partial charge on any atom is 0.258 e. The van der Waals surface area contributed by atoms with Gasteiger partial charge in [0.1, 0.15) is 0 Å². The number of aryl methyl sites for hydroxylation is 1. The summed E-state index contributed by atoms with van der Waals surface area (Å²) in [7, 11) is 2.91. The molecule has 0 atom stereocenters. The Bertz CT molecular complexity index is 834. The highest BCUT2D eigenvalue weighted by Gasteiger charge is 2.23. The molecule has 2 aromatic rings. The van der Waals surface area contributed by atoms with Crippen LogP contribution in [-0.4, -0.2) is 31.8 Å². The first-order valence-corrected chi connectivity index (χ1v) is 9.65. The zero-order chi connectivity index (χ0) is 19.9. The number of nitrogens with zero attached hydrogens (tertiary/aromatic N) is 1. The third kappa shape index (κ3) is 4.30. The Morgan fingerprint density at radius 3 is 2.39 bits per heavy atom. The number of benzene rings is 2.